The van der Waals surface area contributed by atoms with Crippen molar-refractivity contribution in [1.29, 1.82) is 0 Å². The van der Waals surface area contributed by atoms with Crippen molar-refractivity contribution in [3.63, 3.8) is 0 Å². The molecule has 3 nitrogen and oxygen atoms in total. The van der Waals surface area contributed by atoms with Crippen LogP contribution in [0.5, 0.6) is 0 Å². The van der Waals surface area contributed by atoms with E-state index in [0.29, 0.717) is 13.1 Å². The molecular weight excluding hydrogens is 281 g/mol. The lowest BCUT2D eigenvalue weighted by Crippen LogP contribution is -2.67. The van der Waals surface area contributed by atoms with Crippen molar-refractivity contribution >= 4 is 5.91 Å². The molecule has 0 spiro atoms. The maximum Gasteiger partial charge on any atom is 0.257 e. The van der Waals surface area contributed by atoms with E-state index >= 15 is 0 Å². The van der Waals surface area contributed by atoms with Crippen LogP contribution in [0.1, 0.15) is 38.1 Å². The Morgan fingerprint density at radius 3 is 2.38 bits per heavy atom. The number of amides is 1. The van der Waals surface area contributed by atoms with E-state index in [0.717, 1.165) is 12.1 Å². The summed E-state index contributed by atoms with van der Waals surface area (Å²) in [6.45, 7) is 8.39. The van der Waals surface area contributed by atoms with Gasteiger partial charge in [0.25, 0.3) is 5.91 Å². The van der Waals surface area contributed by atoms with Crippen molar-refractivity contribution in [1.82, 2.24) is 10.2 Å². The zero-order valence-electron chi connectivity index (χ0n) is 12.6. The molecule has 1 aliphatic heterocycles. The maximum atomic E-state index is 13.8. The van der Waals surface area contributed by atoms with E-state index in [1.807, 2.05) is 27.7 Å². The minimum Gasteiger partial charge on any atom is -0.330 e. The minimum absolute atomic E-state index is 0.333. The molecule has 0 saturated carbocycles. The van der Waals surface area contributed by atoms with E-state index in [1.54, 1.807) is 0 Å². The summed E-state index contributed by atoms with van der Waals surface area (Å²) in [6, 6.07) is 1.76. The third-order valence-electron chi connectivity index (χ3n) is 3.79. The highest BCUT2D eigenvalue weighted by Gasteiger charge is 2.41. The zero-order valence-corrected chi connectivity index (χ0v) is 12.6. The molecule has 1 fully saturated rings. The second kappa shape index (κ2) is 5.02. The van der Waals surface area contributed by atoms with Crippen LogP contribution in [0.3, 0.4) is 0 Å². The fourth-order valence-electron chi connectivity index (χ4n) is 2.40. The molecule has 0 aliphatic carbocycles. The fourth-order valence-corrected chi connectivity index (χ4v) is 2.40. The summed E-state index contributed by atoms with van der Waals surface area (Å²) in [7, 11) is 0. The molecule has 116 valence electrons. The quantitative estimate of drug-likeness (QED) is 0.809. The van der Waals surface area contributed by atoms with Gasteiger partial charge in [-0.2, -0.15) is 0 Å². The Morgan fingerprint density at radius 1 is 1.14 bits per heavy atom. The molecule has 21 heavy (non-hydrogen) atoms. The van der Waals surface area contributed by atoms with Crippen LogP contribution in [0, 0.1) is 17.5 Å². The first-order valence-corrected chi connectivity index (χ1v) is 6.76. The second-order valence-corrected chi connectivity index (χ2v) is 6.66. The van der Waals surface area contributed by atoms with Crippen LogP contribution in [0.4, 0.5) is 13.2 Å². The van der Waals surface area contributed by atoms with Crippen LogP contribution in [0.15, 0.2) is 12.1 Å². The molecule has 1 aliphatic rings. The summed E-state index contributed by atoms with van der Waals surface area (Å²) >= 11 is 0. The monoisotopic (exact) mass is 300 g/mol. The molecule has 1 N–H and O–H groups in total. The highest BCUT2D eigenvalue weighted by molar-refractivity contribution is 5.95. The van der Waals surface area contributed by atoms with Crippen LogP contribution in [0.2, 0.25) is 0 Å². The van der Waals surface area contributed by atoms with Gasteiger partial charge in [-0.1, -0.05) is 0 Å². The minimum atomic E-state index is -1.62. The van der Waals surface area contributed by atoms with Crippen LogP contribution < -0.4 is 5.32 Å². The van der Waals surface area contributed by atoms with Crippen molar-refractivity contribution in [3.8, 4) is 0 Å². The van der Waals surface area contributed by atoms with Crippen LogP contribution in [-0.2, 0) is 0 Å². The molecule has 6 heteroatoms. The number of nitrogens with one attached hydrogen (secondary N) is 1. The Labute approximate surface area is 122 Å². The van der Waals surface area contributed by atoms with E-state index in [1.165, 1.54) is 4.90 Å². The number of rotatable bonds is 1. The van der Waals surface area contributed by atoms with E-state index in [-0.39, 0.29) is 5.54 Å². The maximum absolute atomic E-state index is 13.8. The smallest absolute Gasteiger partial charge is 0.257 e. The lowest BCUT2D eigenvalue weighted by molar-refractivity contribution is 0.0276. The van der Waals surface area contributed by atoms with E-state index in [9.17, 15) is 18.0 Å². The van der Waals surface area contributed by atoms with Crippen molar-refractivity contribution in [2.45, 2.75) is 38.8 Å². The van der Waals surface area contributed by atoms with Gasteiger partial charge in [0.05, 0.1) is 11.1 Å². The molecule has 1 saturated heterocycles. The van der Waals surface area contributed by atoms with E-state index < -0.39 is 34.5 Å². The summed E-state index contributed by atoms with van der Waals surface area (Å²) in [4.78, 5) is 14.1. The summed E-state index contributed by atoms with van der Waals surface area (Å²) in [6.07, 6.45) is 0. The van der Waals surface area contributed by atoms with Gasteiger partial charge in [0, 0.05) is 18.6 Å². The summed E-state index contributed by atoms with van der Waals surface area (Å²) < 4.78 is 40.2. The SMILES string of the molecule is CC1(C)CN(C(=O)c2ccc(F)c(F)c2F)C(C)(C)CN1. The van der Waals surface area contributed by atoms with Crippen LogP contribution in [0.25, 0.3) is 0 Å². The van der Waals surface area contributed by atoms with Crippen LogP contribution in [-0.4, -0.2) is 35.0 Å². The third-order valence-corrected chi connectivity index (χ3v) is 3.79. The topological polar surface area (TPSA) is 32.3 Å². The number of carbonyl (C=O) groups is 1. The van der Waals surface area contributed by atoms with E-state index in [4.69, 9.17) is 0 Å². The molecule has 1 amide bonds. The molecule has 0 atom stereocenters. The Kier molecular flexibility index (Phi) is 3.78. The predicted octanol–water partition coefficient (Wildman–Crippen LogP) is 2.71. The number of hydrogen-bond acceptors (Lipinski definition) is 2. The molecule has 0 bridgehead atoms. The van der Waals surface area contributed by atoms with Gasteiger partial charge in [0.1, 0.15) is 0 Å². The third kappa shape index (κ3) is 2.90. The number of piperazine rings is 1. The van der Waals surface area contributed by atoms with Crippen molar-refractivity contribution in [2.75, 3.05) is 13.1 Å². The summed E-state index contributed by atoms with van der Waals surface area (Å²) in [5, 5.41) is 3.30. The molecule has 1 heterocycles. The normalized spacial score (nSPS) is 20.4. The average molecular weight is 300 g/mol. The second-order valence-electron chi connectivity index (χ2n) is 6.66. The molecular formula is C15H19F3N2O. The first kappa shape index (κ1) is 15.8. The Hall–Kier alpha value is -1.56. The molecule has 2 rings (SSSR count). The van der Waals surface area contributed by atoms with Gasteiger partial charge in [-0.15, -0.1) is 0 Å². The van der Waals surface area contributed by atoms with Gasteiger partial charge < -0.3 is 10.2 Å². The highest BCUT2D eigenvalue weighted by Crippen LogP contribution is 2.27. The van der Waals surface area contributed by atoms with Gasteiger partial charge in [0.2, 0.25) is 0 Å². The number of hydrogen-bond donors (Lipinski definition) is 1. The standard InChI is InChI=1S/C15H19F3N2O/c1-14(2)8-20(15(3,4)7-19-14)13(21)9-5-6-10(16)12(18)11(9)17/h5-6,19H,7-8H2,1-4H3. The Bertz CT molecular complexity index is 585. The zero-order chi connectivity index (χ0) is 16.0. The number of carbonyl (C=O) groups excluding carboxylic acids is 1. The molecule has 1 aromatic carbocycles. The van der Waals surface area contributed by atoms with Gasteiger partial charge in [-0.3, -0.25) is 4.79 Å². The van der Waals surface area contributed by atoms with Gasteiger partial charge >= 0.3 is 0 Å². The van der Waals surface area contributed by atoms with Crippen molar-refractivity contribution in [2.24, 2.45) is 0 Å². The number of benzene rings is 1. The van der Waals surface area contributed by atoms with Gasteiger partial charge in [0.15, 0.2) is 17.5 Å². The molecule has 1 aromatic rings. The van der Waals surface area contributed by atoms with Crippen molar-refractivity contribution in [3.05, 3.63) is 35.1 Å². The Balaban J connectivity index is 2.41. The van der Waals surface area contributed by atoms with Gasteiger partial charge in [-0.05, 0) is 39.8 Å². The van der Waals surface area contributed by atoms with Gasteiger partial charge in [-0.25, -0.2) is 13.2 Å². The largest absolute Gasteiger partial charge is 0.330 e. The van der Waals surface area contributed by atoms with E-state index in [2.05, 4.69) is 5.32 Å². The molecule has 0 aromatic heterocycles. The fraction of sp³-hybridized carbons (Fsp3) is 0.533. The Morgan fingerprint density at radius 2 is 1.76 bits per heavy atom. The lowest BCUT2D eigenvalue weighted by atomic mass is 9.90. The van der Waals surface area contributed by atoms with Crippen LogP contribution >= 0.6 is 0 Å². The summed E-state index contributed by atoms with van der Waals surface area (Å²) in [5.74, 6) is -4.99. The summed E-state index contributed by atoms with van der Waals surface area (Å²) in [5.41, 5.74) is -1.33. The number of nitrogens with zero attached hydrogens (tertiary/aromatic N) is 1. The lowest BCUT2D eigenvalue weighted by Gasteiger charge is -2.49. The first-order chi connectivity index (χ1) is 9.55. The molecule has 0 unspecified atom stereocenters. The first-order valence-electron chi connectivity index (χ1n) is 6.76. The number of halogens is 3. The highest BCUT2D eigenvalue weighted by atomic mass is 19.2. The predicted molar refractivity (Wildman–Crippen MR) is 73.5 cm³/mol. The van der Waals surface area contributed by atoms with Crippen molar-refractivity contribution < 1.29 is 18.0 Å². The molecule has 0 radical (unpaired) electrons. The average Bonchev–Trinajstić information content (AvgIpc) is 2.39.